The van der Waals surface area contributed by atoms with Gasteiger partial charge in [0.15, 0.2) is 0 Å². The van der Waals surface area contributed by atoms with E-state index in [-0.39, 0.29) is 17.4 Å². The summed E-state index contributed by atoms with van der Waals surface area (Å²) in [6, 6.07) is 4.01. The largest absolute Gasteiger partial charge is 0.368 e. The summed E-state index contributed by atoms with van der Waals surface area (Å²) in [7, 11) is 2.14. The molecule has 5 heterocycles. The lowest BCUT2D eigenvalue weighted by molar-refractivity contribution is -0.144. The van der Waals surface area contributed by atoms with Gasteiger partial charge >= 0.3 is 0 Å². The van der Waals surface area contributed by atoms with Crippen molar-refractivity contribution >= 4 is 35.1 Å². The monoisotopic (exact) mass is 474 g/mol. The second kappa shape index (κ2) is 7.36. The van der Waals surface area contributed by atoms with E-state index in [0.29, 0.717) is 42.9 Å². The van der Waals surface area contributed by atoms with Gasteiger partial charge in [-0.05, 0) is 50.8 Å². The van der Waals surface area contributed by atoms with Gasteiger partial charge < -0.3 is 20.4 Å². The van der Waals surface area contributed by atoms with Crippen LogP contribution in [0.4, 0.5) is 23.3 Å². The van der Waals surface area contributed by atoms with Crippen LogP contribution in [0.15, 0.2) is 24.5 Å². The maximum atomic E-state index is 13.8. The van der Waals surface area contributed by atoms with Gasteiger partial charge in [0.2, 0.25) is 17.8 Å². The Morgan fingerprint density at radius 3 is 2.49 bits per heavy atom. The highest BCUT2D eigenvalue weighted by atomic mass is 16.2. The third-order valence-corrected chi connectivity index (χ3v) is 8.77. The molecule has 35 heavy (non-hydrogen) atoms. The number of hydrogen-bond donors (Lipinski definition) is 2. The van der Waals surface area contributed by atoms with Gasteiger partial charge in [-0.25, -0.2) is 9.97 Å². The van der Waals surface area contributed by atoms with Crippen molar-refractivity contribution < 1.29 is 9.59 Å². The fourth-order valence-corrected chi connectivity index (χ4v) is 6.50. The maximum absolute atomic E-state index is 13.8. The first-order chi connectivity index (χ1) is 17.0. The van der Waals surface area contributed by atoms with Crippen molar-refractivity contribution in [2.75, 3.05) is 54.9 Å². The minimum Gasteiger partial charge on any atom is -0.368 e. The molecular weight excluding hydrogens is 444 g/mol. The van der Waals surface area contributed by atoms with Gasteiger partial charge in [-0.1, -0.05) is 0 Å². The predicted molar refractivity (Wildman–Crippen MR) is 131 cm³/mol. The average molecular weight is 475 g/mol. The van der Waals surface area contributed by atoms with E-state index >= 15 is 0 Å². The van der Waals surface area contributed by atoms with Crippen LogP contribution in [0, 0.1) is 11.3 Å². The molecule has 3 saturated carbocycles. The van der Waals surface area contributed by atoms with E-state index in [0.717, 1.165) is 56.7 Å². The van der Waals surface area contributed by atoms with Gasteiger partial charge in [-0.15, -0.1) is 0 Å². The molecule has 10 nitrogen and oxygen atoms in total. The van der Waals surface area contributed by atoms with Gasteiger partial charge in [-0.2, -0.15) is 4.98 Å². The van der Waals surface area contributed by atoms with Gasteiger partial charge in [0.1, 0.15) is 17.1 Å². The first-order valence-corrected chi connectivity index (χ1v) is 12.6. The van der Waals surface area contributed by atoms with Crippen LogP contribution in [-0.4, -0.2) is 77.0 Å². The molecule has 2 bridgehead atoms. The molecule has 2 saturated heterocycles. The van der Waals surface area contributed by atoms with Crippen LogP contribution in [-0.2, 0) is 16.0 Å². The Hall–Kier alpha value is -3.27. The molecule has 1 spiro atoms. The van der Waals surface area contributed by atoms with Crippen molar-refractivity contribution in [1.29, 1.82) is 0 Å². The summed E-state index contributed by atoms with van der Waals surface area (Å²) in [5.74, 6) is 2.19. The fourth-order valence-electron chi connectivity index (χ4n) is 6.50. The van der Waals surface area contributed by atoms with E-state index in [1.54, 1.807) is 6.20 Å². The number of hydrogen-bond acceptors (Lipinski definition) is 8. The molecule has 3 aliphatic carbocycles. The zero-order valence-electron chi connectivity index (χ0n) is 20.0. The van der Waals surface area contributed by atoms with Gasteiger partial charge in [0.25, 0.3) is 0 Å². The second-order valence-corrected chi connectivity index (χ2v) is 11.0. The number of nitrogens with zero attached hydrogens (tertiary/aromatic N) is 6. The quantitative estimate of drug-likeness (QED) is 0.639. The highest BCUT2D eigenvalue weighted by Crippen LogP contribution is 2.63. The molecule has 0 aromatic carbocycles. The molecule has 2 amide bonds. The lowest BCUT2D eigenvalue weighted by atomic mass is 9.48. The van der Waals surface area contributed by atoms with Crippen molar-refractivity contribution in [3.05, 3.63) is 30.1 Å². The molecule has 182 valence electrons. The minimum atomic E-state index is -1.01. The van der Waals surface area contributed by atoms with Crippen LogP contribution in [0.1, 0.15) is 31.2 Å². The first-order valence-electron chi connectivity index (χ1n) is 12.6. The molecule has 5 fully saturated rings. The van der Waals surface area contributed by atoms with Crippen LogP contribution < -0.4 is 20.4 Å². The van der Waals surface area contributed by atoms with Crippen molar-refractivity contribution in [2.24, 2.45) is 11.3 Å². The maximum Gasteiger partial charge on any atom is 0.244 e. The topological polar surface area (TPSA) is 107 Å². The standard InChI is InChI=1S/C25H30N8O2/c1-31-6-8-32(9-7-31)18-2-3-19(27-15-18)29-23-28-14-17-13-25(4-5-26-21(25)34)22(35)33(20(17)30-23)24-10-16(11-24)12-24/h2-3,14-16H,4-13H2,1H3,(H,26,34)(H,27,28,29,30)/t16?,24?,25-/m1/s1. The predicted octanol–water partition coefficient (Wildman–Crippen LogP) is 1.31. The number of likely N-dealkylation sites (N-methyl/N-ethyl adjacent to an activating group) is 1. The molecule has 2 N–H and O–H groups in total. The fraction of sp³-hybridized carbons (Fsp3) is 0.560. The van der Waals surface area contributed by atoms with E-state index in [9.17, 15) is 9.59 Å². The molecule has 2 aromatic rings. The Bertz CT molecular complexity index is 1190. The van der Waals surface area contributed by atoms with E-state index in [1.807, 2.05) is 17.2 Å². The van der Waals surface area contributed by atoms with E-state index in [1.165, 1.54) is 0 Å². The number of carbonyl (C=O) groups is 2. The number of fused-ring (bicyclic) bond motifs is 1. The molecule has 6 aliphatic rings. The minimum absolute atomic E-state index is 0.0857. The molecule has 0 radical (unpaired) electrons. The van der Waals surface area contributed by atoms with E-state index in [4.69, 9.17) is 4.98 Å². The first kappa shape index (κ1) is 21.0. The summed E-state index contributed by atoms with van der Waals surface area (Å²) in [6.45, 7) is 4.61. The Balaban J connectivity index is 1.16. The molecule has 2 aromatic heterocycles. The van der Waals surface area contributed by atoms with Crippen LogP contribution in [0.2, 0.25) is 0 Å². The third kappa shape index (κ3) is 3.08. The van der Waals surface area contributed by atoms with E-state index < -0.39 is 5.41 Å². The Morgan fingerprint density at radius 2 is 1.86 bits per heavy atom. The third-order valence-electron chi connectivity index (χ3n) is 8.77. The van der Waals surface area contributed by atoms with Crippen molar-refractivity contribution in [2.45, 2.75) is 37.6 Å². The number of piperazine rings is 1. The summed E-state index contributed by atoms with van der Waals surface area (Å²) >= 11 is 0. The van der Waals surface area contributed by atoms with Gasteiger partial charge in [-0.3, -0.25) is 14.5 Å². The smallest absolute Gasteiger partial charge is 0.244 e. The number of rotatable bonds is 4. The zero-order valence-corrected chi connectivity index (χ0v) is 20.0. The highest BCUT2D eigenvalue weighted by molar-refractivity contribution is 6.15. The molecule has 1 atom stereocenters. The summed E-state index contributed by atoms with van der Waals surface area (Å²) in [5.41, 5.74) is 0.785. The molecule has 0 unspecified atom stereocenters. The van der Waals surface area contributed by atoms with Crippen LogP contribution in [0.3, 0.4) is 0 Å². The Morgan fingerprint density at radius 1 is 1.06 bits per heavy atom. The molecule has 8 rings (SSSR count). The number of carbonyl (C=O) groups excluding carboxylic acids is 2. The molecule has 10 heteroatoms. The molecular formula is C25H30N8O2. The van der Waals surface area contributed by atoms with Crippen molar-refractivity contribution in [1.82, 2.24) is 25.2 Å². The van der Waals surface area contributed by atoms with Gasteiger partial charge in [0, 0.05) is 50.9 Å². The number of aromatic nitrogens is 3. The number of nitrogens with one attached hydrogen (secondary N) is 2. The van der Waals surface area contributed by atoms with Crippen molar-refractivity contribution in [3.8, 4) is 0 Å². The summed E-state index contributed by atoms with van der Waals surface area (Å²) < 4.78 is 0. The van der Waals surface area contributed by atoms with Crippen LogP contribution >= 0.6 is 0 Å². The second-order valence-electron chi connectivity index (χ2n) is 11.0. The zero-order chi connectivity index (χ0) is 23.8. The summed E-state index contributed by atoms with van der Waals surface area (Å²) in [6.07, 6.45) is 7.55. The Labute approximate surface area is 204 Å². The highest BCUT2D eigenvalue weighted by Gasteiger charge is 2.67. The Kier molecular flexibility index (Phi) is 4.43. The number of amides is 2. The lowest BCUT2D eigenvalue weighted by Gasteiger charge is -2.67. The van der Waals surface area contributed by atoms with Crippen LogP contribution in [0.5, 0.6) is 0 Å². The lowest BCUT2D eigenvalue weighted by Crippen LogP contribution is -2.73. The number of anilines is 4. The molecule has 3 aliphatic heterocycles. The number of pyridine rings is 1. The van der Waals surface area contributed by atoms with Gasteiger partial charge in [0.05, 0.1) is 17.4 Å². The SMILES string of the molecule is CN1CCN(c2ccc(Nc3ncc4c(n3)N(C35CC(C3)C5)C(=O)[C@]3(CCNC3=O)C4)nc2)CC1. The average Bonchev–Trinajstić information content (AvgIpc) is 3.17. The van der Waals surface area contributed by atoms with Crippen molar-refractivity contribution in [3.63, 3.8) is 0 Å². The summed E-state index contributed by atoms with van der Waals surface area (Å²) in [5, 5.41) is 6.10. The normalized spacial score (nSPS) is 31.6. The summed E-state index contributed by atoms with van der Waals surface area (Å²) in [4.78, 5) is 47.1. The van der Waals surface area contributed by atoms with E-state index in [2.05, 4.69) is 43.5 Å². The van der Waals surface area contributed by atoms with Crippen LogP contribution in [0.25, 0.3) is 0 Å².